The molecule has 0 radical (unpaired) electrons. The van der Waals surface area contributed by atoms with E-state index in [0.29, 0.717) is 6.04 Å². The number of benzene rings is 1. The van der Waals surface area contributed by atoms with Crippen molar-refractivity contribution in [3.05, 3.63) is 58.0 Å². The Hall–Kier alpha value is -1.19. The normalized spacial score (nSPS) is 12.5. The highest BCUT2D eigenvalue weighted by Gasteiger charge is 2.11. The Kier molecular flexibility index (Phi) is 6.22. The van der Waals surface area contributed by atoms with E-state index >= 15 is 0 Å². The molecule has 0 amide bonds. The van der Waals surface area contributed by atoms with Gasteiger partial charge in [-0.25, -0.2) is 4.39 Å². The van der Waals surface area contributed by atoms with Crippen LogP contribution in [0.25, 0.3) is 0 Å². The molecule has 0 aliphatic carbocycles. The Balaban J connectivity index is 1.94. The number of thiophene rings is 1. The zero-order valence-corrected chi connectivity index (χ0v) is 12.8. The highest BCUT2D eigenvalue weighted by molar-refractivity contribution is 7.07. The first-order valence-electron chi connectivity index (χ1n) is 7.27. The minimum absolute atomic E-state index is 0.0914. The number of hydrogen-bond acceptors (Lipinski definition) is 2. The molecule has 1 nitrogen and oxygen atoms in total. The van der Waals surface area contributed by atoms with Crippen molar-refractivity contribution >= 4 is 11.3 Å². The molecule has 1 heterocycles. The third kappa shape index (κ3) is 4.73. The summed E-state index contributed by atoms with van der Waals surface area (Å²) in [6.45, 7) is 3.15. The van der Waals surface area contributed by atoms with Gasteiger partial charge in [-0.2, -0.15) is 11.3 Å². The number of hydrogen-bond donors (Lipinski definition) is 1. The van der Waals surface area contributed by atoms with Crippen LogP contribution in [0.2, 0.25) is 0 Å². The second-order valence-electron chi connectivity index (χ2n) is 5.12. The fourth-order valence-electron chi connectivity index (χ4n) is 2.33. The first-order valence-corrected chi connectivity index (χ1v) is 8.21. The maximum absolute atomic E-state index is 13.8. The lowest BCUT2D eigenvalue weighted by atomic mass is 9.99. The van der Waals surface area contributed by atoms with Crippen molar-refractivity contribution < 1.29 is 4.39 Å². The summed E-state index contributed by atoms with van der Waals surface area (Å²) in [5.74, 6) is -0.0914. The van der Waals surface area contributed by atoms with Gasteiger partial charge in [0.15, 0.2) is 0 Å². The van der Waals surface area contributed by atoms with E-state index < -0.39 is 0 Å². The lowest BCUT2D eigenvalue weighted by molar-refractivity contribution is 0.468. The smallest absolute Gasteiger partial charge is 0.126 e. The highest BCUT2D eigenvalue weighted by Crippen LogP contribution is 2.14. The zero-order chi connectivity index (χ0) is 14.2. The van der Waals surface area contributed by atoms with Crippen molar-refractivity contribution in [3.8, 4) is 0 Å². The topological polar surface area (TPSA) is 12.0 Å². The molecular weight excluding hydrogens is 269 g/mol. The summed E-state index contributed by atoms with van der Waals surface area (Å²) < 4.78 is 13.8. The van der Waals surface area contributed by atoms with Crippen LogP contribution in [0.3, 0.4) is 0 Å². The fourth-order valence-corrected chi connectivity index (χ4v) is 3.03. The molecule has 0 aliphatic heterocycles. The van der Waals surface area contributed by atoms with Crippen LogP contribution in [0.5, 0.6) is 0 Å². The second kappa shape index (κ2) is 8.18. The molecule has 0 fully saturated rings. The van der Waals surface area contributed by atoms with E-state index in [0.717, 1.165) is 37.8 Å². The molecule has 1 unspecified atom stereocenters. The van der Waals surface area contributed by atoms with Gasteiger partial charge in [-0.3, -0.25) is 0 Å². The molecule has 0 spiro atoms. The first-order chi connectivity index (χ1) is 9.79. The number of rotatable bonds is 8. The van der Waals surface area contributed by atoms with Crippen molar-refractivity contribution in [3.63, 3.8) is 0 Å². The quantitative estimate of drug-likeness (QED) is 0.758. The van der Waals surface area contributed by atoms with Crippen molar-refractivity contribution in [1.82, 2.24) is 5.32 Å². The van der Waals surface area contributed by atoms with Gasteiger partial charge in [0.25, 0.3) is 0 Å². The molecule has 0 saturated heterocycles. The van der Waals surface area contributed by atoms with E-state index in [1.807, 2.05) is 12.1 Å². The SMILES string of the molecule is CCCNC(CCc1ccsc1)Cc1ccccc1F. The van der Waals surface area contributed by atoms with Crippen molar-refractivity contribution in [1.29, 1.82) is 0 Å². The summed E-state index contributed by atoms with van der Waals surface area (Å²) in [5.41, 5.74) is 2.19. The van der Waals surface area contributed by atoms with Gasteiger partial charge in [0.2, 0.25) is 0 Å². The van der Waals surface area contributed by atoms with E-state index in [4.69, 9.17) is 0 Å². The Bertz CT molecular complexity index is 495. The molecule has 2 aromatic rings. The van der Waals surface area contributed by atoms with Crippen LogP contribution >= 0.6 is 11.3 Å². The van der Waals surface area contributed by atoms with Gasteiger partial charge in [0.05, 0.1) is 0 Å². The average molecular weight is 291 g/mol. The van der Waals surface area contributed by atoms with E-state index in [1.54, 1.807) is 23.5 Å². The predicted octanol–water partition coefficient (Wildman–Crippen LogP) is 4.43. The molecule has 0 saturated carbocycles. The monoisotopic (exact) mass is 291 g/mol. The average Bonchev–Trinajstić information content (AvgIpc) is 2.97. The Morgan fingerprint density at radius 2 is 2.10 bits per heavy atom. The van der Waals surface area contributed by atoms with E-state index in [-0.39, 0.29) is 5.82 Å². The van der Waals surface area contributed by atoms with Gasteiger partial charge in [-0.1, -0.05) is 25.1 Å². The van der Waals surface area contributed by atoms with Crippen LogP contribution in [0, 0.1) is 5.82 Å². The van der Waals surface area contributed by atoms with Gasteiger partial charge in [-0.15, -0.1) is 0 Å². The Morgan fingerprint density at radius 1 is 1.25 bits per heavy atom. The summed E-state index contributed by atoms with van der Waals surface area (Å²) in [6.07, 6.45) is 3.97. The standard InChI is InChI=1S/C17H22FNS/c1-2-10-19-16(8-7-14-9-11-20-13-14)12-15-5-3-4-6-17(15)18/h3-6,9,11,13,16,19H,2,7-8,10,12H2,1H3. The molecule has 1 aromatic heterocycles. The van der Waals surface area contributed by atoms with Gasteiger partial charge < -0.3 is 5.32 Å². The first kappa shape index (κ1) is 15.2. The number of nitrogens with one attached hydrogen (secondary N) is 1. The highest BCUT2D eigenvalue weighted by atomic mass is 32.1. The van der Waals surface area contributed by atoms with Crippen LogP contribution in [0.1, 0.15) is 30.9 Å². The number of aryl methyl sites for hydroxylation is 1. The largest absolute Gasteiger partial charge is 0.314 e. The minimum Gasteiger partial charge on any atom is -0.314 e. The summed E-state index contributed by atoms with van der Waals surface area (Å²) in [6, 6.07) is 9.61. The zero-order valence-electron chi connectivity index (χ0n) is 11.9. The Morgan fingerprint density at radius 3 is 2.80 bits per heavy atom. The van der Waals surface area contributed by atoms with Crippen molar-refractivity contribution in [2.75, 3.05) is 6.54 Å². The molecule has 1 aromatic carbocycles. The van der Waals surface area contributed by atoms with Crippen molar-refractivity contribution in [2.24, 2.45) is 0 Å². The maximum atomic E-state index is 13.8. The summed E-state index contributed by atoms with van der Waals surface area (Å²) in [7, 11) is 0. The molecular formula is C17H22FNS. The van der Waals surface area contributed by atoms with E-state index in [1.165, 1.54) is 5.56 Å². The van der Waals surface area contributed by atoms with E-state index in [9.17, 15) is 4.39 Å². The molecule has 3 heteroatoms. The van der Waals surface area contributed by atoms with Crippen LogP contribution in [-0.2, 0) is 12.8 Å². The molecule has 0 aliphatic rings. The second-order valence-corrected chi connectivity index (χ2v) is 5.90. The molecule has 20 heavy (non-hydrogen) atoms. The third-order valence-corrected chi connectivity index (χ3v) is 4.20. The Labute approximate surface area is 124 Å². The summed E-state index contributed by atoms with van der Waals surface area (Å²) in [5, 5.41) is 7.85. The van der Waals surface area contributed by atoms with Crippen LogP contribution in [0.15, 0.2) is 41.1 Å². The molecule has 108 valence electrons. The molecule has 1 atom stereocenters. The lowest BCUT2D eigenvalue weighted by Gasteiger charge is -2.18. The van der Waals surface area contributed by atoms with Gasteiger partial charge in [0, 0.05) is 6.04 Å². The summed E-state index contributed by atoms with van der Waals surface area (Å²) >= 11 is 1.74. The van der Waals surface area contributed by atoms with Crippen LogP contribution in [-0.4, -0.2) is 12.6 Å². The maximum Gasteiger partial charge on any atom is 0.126 e. The minimum atomic E-state index is -0.0914. The molecule has 1 N–H and O–H groups in total. The number of halogens is 1. The van der Waals surface area contributed by atoms with Gasteiger partial charge >= 0.3 is 0 Å². The third-order valence-electron chi connectivity index (χ3n) is 3.47. The van der Waals surface area contributed by atoms with Crippen LogP contribution < -0.4 is 5.32 Å². The predicted molar refractivity (Wildman–Crippen MR) is 84.8 cm³/mol. The summed E-state index contributed by atoms with van der Waals surface area (Å²) in [4.78, 5) is 0. The van der Waals surface area contributed by atoms with Crippen LogP contribution in [0.4, 0.5) is 4.39 Å². The fraction of sp³-hybridized carbons (Fsp3) is 0.412. The van der Waals surface area contributed by atoms with Gasteiger partial charge in [-0.05, 0) is 66.2 Å². The lowest BCUT2D eigenvalue weighted by Crippen LogP contribution is -2.32. The molecule has 0 bridgehead atoms. The molecule has 2 rings (SSSR count). The van der Waals surface area contributed by atoms with E-state index in [2.05, 4.69) is 29.1 Å². The van der Waals surface area contributed by atoms with Gasteiger partial charge in [0.1, 0.15) is 5.82 Å². The van der Waals surface area contributed by atoms with Crippen molar-refractivity contribution in [2.45, 2.75) is 38.6 Å².